The zero-order chi connectivity index (χ0) is 26.7. The summed E-state index contributed by atoms with van der Waals surface area (Å²) in [6, 6.07) is 42.5. The van der Waals surface area contributed by atoms with Crippen molar-refractivity contribution in [2.75, 3.05) is 26.4 Å². The Kier molecular flexibility index (Phi) is 6.78. The van der Waals surface area contributed by atoms with Crippen LogP contribution in [0.3, 0.4) is 0 Å². The lowest BCUT2D eigenvalue weighted by Gasteiger charge is -2.19. The van der Waals surface area contributed by atoms with Crippen molar-refractivity contribution >= 4 is 0 Å². The molecule has 4 heteroatoms. The summed E-state index contributed by atoms with van der Waals surface area (Å²) in [6.07, 6.45) is 0.428. The van der Waals surface area contributed by atoms with E-state index in [9.17, 15) is 0 Å². The smallest absolute Gasteiger partial charge is 0.135 e. The van der Waals surface area contributed by atoms with Crippen LogP contribution in [0.4, 0.5) is 0 Å². The van der Waals surface area contributed by atoms with Crippen LogP contribution in [0.25, 0.3) is 44.5 Å². The molecule has 198 valence electrons. The molecule has 2 saturated heterocycles. The van der Waals surface area contributed by atoms with Gasteiger partial charge in [-0.3, -0.25) is 0 Å². The van der Waals surface area contributed by atoms with Crippen LogP contribution in [-0.2, 0) is 9.47 Å². The van der Waals surface area contributed by atoms with E-state index in [0.29, 0.717) is 13.2 Å². The van der Waals surface area contributed by atoms with Gasteiger partial charge in [0.15, 0.2) is 0 Å². The maximum Gasteiger partial charge on any atom is 0.135 e. The topological polar surface area (TPSA) is 43.5 Å². The Balaban J connectivity index is 1.24. The molecule has 40 heavy (non-hydrogen) atoms. The van der Waals surface area contributed by atoms with E-state index in [4.69, 9.17) is 18.9 Å². The zero-order valence-corrected chi connectivity index (χ0v) is 22.2. The van der Waals surface area contributed by atoms with Crippen molar-refractivity contribution < 1.29 is 18.9 Å². The quantitative estimate of drug-likeness (QED) is 0.173. The summed E-state index contributed by atoms with van der Waals surface area (Å²) in [5.41, 5.74) is 9.02. The molecule has 2 heterocycles. The largest absolute Gasteiger partial charge is 0.491 e. The summed E-state index contributed by atoms with van der Waals surface area (Å²) in [5, 5.41) is 0. The van der Waals surface area contributed by atoms with Gasteiger partial charge in [0.2, 0.25) is 0 Å². The van der Waals surface area contributed by atoms with Crippen molar-refractivity contribution in [3.63, 3.8) is 0 Å². The molecule has 4 nitrogen and oxygen atoms in total. The summed E-state index contributed by atoms with van der Waals surface area (Å²) in [5.74, 6) is 1.76. The summed E-state index contributed by atoms with van der Waals surface area (Å²) < 4.78 is 22.9. The van der Waals surface area contributed by atoms with E-state index in [1.807, 2.05) is 24.3 Å². The first-order valence-electron chi connectivity index (χ1n) is 13.8. The second-order valence-corrected chi connectivity index (χ2v) is 10.3. The highest BCUT2D eigenvalue weighted by Gasteiger charge is 2.25. The molecule has 2 aliphatic heterocycles. The van der Waals surface area contributed by atoms with E-state index in [0.717, 1.165) is 69.2 Å². The molecule has 2 aliphatic rings. The molecule has 5 aromatic carbocycles. The third-order valence-electron chi connectivity index (χ3n) is 7.32. The Labute approximate surface area is 234 Å². The van der Waals surface area contributed by atoms with E-state index < -0.39 is 0 Å². The lowest BCUT2D eigenvalue weighted by molar-refractivity contribution is 0.263. The predicted molar refractivity (Wildman–Crippen MR) is 159 cm³/mol. The second kappa shape index (κ2) is 11.0. The summed E-state index contributed by atoms with van der Waals surface area (Å²) in [4.78, 5) is 0. The predicted octanol–water partition coefficient (Wildman–Crippen LogP) is 7.91. The van der Waals surface area contributed by atoms with E-state index in [1.165, 1.54) is 0 Å². The number of hydrogen-bond acceptors (Lipinski definition) is 4. The minimum Gasteiger partial charge on any atom is -0.491 e. The minimum absolute atomic E-state index is 0.173. The first-order valence-corrected chi connectivity index (χ1v) is 13.8. The molecule has 7 rings (SSSR count). The maximum absolute atomic E-state index is 6.47. The average molecular weight is 527 g/mol. The summed E-state index contributed by atoms with van der Waals surface area (Å²) in [7, 11) is 0. The van der Waals surface area contributed by atoms with Crippen LogP contribution in [0.15, 0.2) is 121 Å². The average Bonchev–Trinajstić information content (AvgIpc) is 3.96. The molecule has 5 aromatic rings. The van der Waals surface area contributed by atoms with Crippen molar-refractivity contribution in [3.05, 3.63) is 121 Å². The van der Waals surface area contributed by atoms with Crippen molar-refractivity contribution in [1.29, 1.82) is 0 Å². The minimum atomic E-state index is 0.173. The summed E-state index contributed by atoms with van der Waals surface area (Å²) >= 11 is 0. The number of hydrogen-bond donors (Lipinski definition) is 0. The van der Waals surface area contributed by atoms with Gasteiger partial charge in [0, 0.05) is 11.1 Å². The molecule has 0 radical (unpaired) electrons. The lowest BCUT2D eigenvalue weighted by Crippen LogP contribution is -2.06. The van der Waals surface area contributed by atoms with Gasteiger partial charge in [-0.25, -0.2) is 0 Å². The maximum atomic E-state index is 6.47. The molecule has 0 bridgehead atoms. The molecule has 0 aromatic heterocycles. The van der Waals surface area contributed by atoms with E-state index in [2.05, 4.69) is 97.1 Å². The molecule has 2 unspecified atom stereocenters. The highest BCUT2D eigenvalue weighted by Crippen LogP contribution is 2.43. The lowest BCUT2D eigenvalue weighted by atomic mass is 9.91. The Morgan fingerprint density at radius 2 is 0.900 bits per heavy atom. The molecule has 0 saturated carbocycles. The van der Waals surface area contributed by atoms with E-state index in [-0.39, 0.29) is 12.2 Å². The highest BCUT2D eigenvalue weighted by atomic mass is 16.6. The van der Waals surface area contributed by atoms with Crippen LogP contribution in [0.2, 0.25) is 0 Å². The van der Waals surface area contributed by atoms with Crippen LogP contribution in [0.1, 0.15) is 0 Å². The van der Waals surface area contributed by atoms with Crippen LogP contribution >= 0.6 is 0 Å². The van der Waals surface area contributed by atoms with Crippen molar-refractivity contribution in [2.24, 2.45) is 0 Å². The monoisotopic (exact) mass is 526 g/mol. The van der Waals surface area contributed by atoms with E-state index in [1.54, 1.807) is 0 Å². The fraction of sp³-hybridized carbons (Fsp3) is 0.167. The zero-order valence-electron chi connectivity index (χ0n) is 22.2. The third kappa shape index (κ3) is 5.64. The van der Waals surface area contributed by atoms with Crippen LogP contribution in [0, 0.1) is 0 Å². The number of rotatable bonds is 10. The number of ether oxygens (including phenoxy) is 4. The fourth-order valence-electron chi connectivity index (χ4n) is 4.91. The third-order valence-corrected chi connectivity index (χ3v) is 7.32. The Morgan fingerprint density at radius 1 is 0.475 bits per heavy atom. The Hall–Kier alpha value is -4.38. The van der Waals surface area contributed by atoms with Gasteiger partial charge in [-0.15, -0.1) is 0 Å². The SMILES string of the molecule is c1ccc(-c2cc(-c3ccc(-c4ccc(OCC5CO5)cc4)cc3)cc(-c3ccccc3)c2OCC2CO2)cc1. The van der Waals surface area contributed by atoms with Gasteiger partial charge in [0.1, 0.15) is 36.9 Å². The van der Waals surface area contributed by atoms with Gasteiger partial charge in [0.05, 0.1) is 13.2 Å². The normalized spacial score (nSPS) is 17.3. The number of benzene rings is 5. The van der Waals surface area contributed by atoms with Crippen LogP contribution in [-0.4, -0.2) is 38.6 Å². The highest BCUT2D eigenvalue weighted by molar-refractivity contribution is 5.88. The molecular weight excluding hydrogens is 496 g/mol. The van der Waals surface area contributed by atoms with Crippen molar-refractivity contribution in [2.45, 2.75) is 12.2 Å². The van der Waals surface area contributed by atoms with Gasteiger partial charge >= 0.3 is 0 Å². The van der Waals surface area contributed by atoms with Gasteiger partial charge in [-0.1, -0.05) is 97.1 Å². The standard InChI is InChI=1S/C36H30O4/c1-3-7-28(8-4-1)34-19-30(20-35(29-9-5-2-6-10-29)36(34)40-24-33-23-39-33)27-13-11-25(12-14-27)26-15-17-31(18-16-26)37-21-32-22-38-32/h1-20,32-33H,21-24H2. The van der Waals surface area contributed by atoms with Gasteiger partial charge in [-0.05, 0) is 57.6 Å². The Morgan fingerprint density at radius 3 is 1.38 bits per heavy atom. The van der Waals surface area contributed by atoms with Gasteiger partial charge in [-0.2, -0.15) is 0 Å². The molecule has 0 N–H and O–H groups in total. The summed E-state index contributed by atoms with van der Waals surface area (Å²) in [6.45, 7) is 2.72. The molecular formula is C36H30O4. The molecule has 0 spiro atoms. The van der Waals surface area contributed by atoms with Crippen molar-refractivity contribution in [1.82, 2.24) is 0 Å². The first-order chi connectivity index (χ1) is 19.8. The number of epoxide rings is 2. The van der Waals surface area contributed by atoms with Crippen LogP contribution < -0.4 is 9.47 Å². The molecule has 0 aliphatic carbocycles. The molecule has 2 fully saturated rings. The van der Waals surface area contributed by atoms with E-state index >= 15 is 0 Å². The second-order valence-electron chi connectivity index (χ2n) is 10.3. The molecule has 0 amide bonds. The van der Waals surface area contributed by atoms with Gasteiger partial charge < -0.3 is 18.9 Å². The Bertz CT molecular complexity index is 1510. The van der Waals surface area contributed by atoms with Crippen LogP contribution in [0.5, 0.6) is 11.5 Å². The first kappa shape index (κ1) is 24.6. The molecule has 2 atom stereocenters. The van der Waals surface area contributed by atoms with Gasteiger partial charge in [0.25, 0.3) is 0 Å². The fourth-order valence-corrected chi connectivity index (χ4v) is 4.91. The van der Waals surface area contributed by atoms with Crippen molar-refractivity contribution in [3.8, 4) is 56.0 Å².